The first kappa shape index (κ1) is 47.6. The quantitative estimate of drug-likeness (QED) is 0.0391. The van der Waals surface area contributed by atoms with Crippen LogP contribution in [0, 0.1) is 0 Å². The average Bonchev–Trinajstić information content (AvgIpc) is 3.66. The van der Waals surface area contributed by atoms with E-state index in [0.29, 0.717) is 37.9 Å². The van der Waals surface area contributed by atoms with Crippen LogP contribution >= 0.6 is 7.82 Å². The number of aromatic carboxylic acids is 1. The molecule has 19 heteroatoms. The van der Waals surface area contributed by atoms with Crippen molar-refractivity contribution in [3.63, 3.8) is 0 Å². The van der Waals surface area contributed by atoms with Gasteiger partial charge in [-0.05, 0) is 89.6 Å². The van der Waals surface area contributed by atoms with Crippen molar-refractivity contribution in [2.45, 2.75) is 62.9 Å². The Morgan fingerprint density at radius 1 is 0.906 bits per heavy atom. The average molecular weight is 903 g/mol. The summed E-state index contributed by atoms with van der Waals surface area (Å²) in [6.07, 6.45) is 3.73. The van der Waals surface area contributed by atoms with Gasteiger partial charge in [0.25, 0.3) is 11.5 Å². The number of fused-ring (bicyclic) bond motifs is 2. The van der Waals surface area contributed by atoms with Crippen LogP contribution < -0.4 is 31.7 Å². The van der Waals surface area contributed by atoms with E-state index in [9.17, 15) is 43.6 Å². The third-order valence-corrected chi connectivity index (χ3v) is 12.4. The van der Waals surface area contributed by atoms with Gasteiger partial charge < -0.3 is 40.3 Å². The first-order valence-electron chi connectivity index (χ1n) is 20.9. The van der Waals surface area contributed by atoms with Crippen molar-refractivity contribution < 1.29 is 47.8 Å². The fourth-order valence-corrected chi connectivity index (χ4v) is 8.64. The maximum atomic E-state index is 13.3. The van der Waals surface area contributed by atoms with Gasteiger partial charge in [-0.15, -0.1) is 0 Å². The summed E-state index contributed by atoms with van der Waals surface area (Å²) in [5.41, 5.74) is 5.73. The van der Waals surface area contributed by atoms with Crippen molar-refractivity contribution in [3.8, 4) is 0 Å². The Bertz CT molecular complexity index is 2510. The highest BCUT2D eigenvalue weighted by atomic mass is 31.2. The number of nitrogens with zero attached hydrogens (tertiary/aromatic N) is 3. The Morgan fingerprint density at radius 3 is 2.09 bits per heavy atom. The van der Waals surface area contributed by atoms with Crippen LogP contribution in [0.5, 0.6) is 0 Å². The maximum Gasteiger partial charge on any atom is 0.472 e. The lowest BCUT2D eigenvalue weighted by Gasteiger charge is -2.32. The summed E-state index contributed by atoms with van der Waals surface area (Å²) in [7, 11) is 4.51. The highest BCUT2D eigenvalue weighted by Gasteiger charge is 2.41. The SMILES string of the molecule is COP(=O)(O)OC1C[C@H](n2cc(/C=C/C(=O)NCCCCCCNC(=O)c3ccc(C4c5ccc(N(C)C)cc5Cc5cc(N(C)C)ccc54)c(C(=O)O)c3)c(=O)[nH]c2=O)O[C@@H]1CO. The molecule has 4 aromatic rings. The molecular weight excluding hydrogens is 847 g/mol. The van der Waals surface area contributed by atoms with Crippen molar-refractivity contribution >= 4 is 43.1 Å². The highest BCUT2D eigenvalue weighted by molar-refractivity contribution is 7.47. The van der Waals surface area contributed by atoms with Crippen LogP contribution in [0.4, 0.5) is 11.4 Å². The van der Waals surface area contributed by atoms with Crippen molar-refractivity contribution in [2.24, 2.45) is 0 Å². The fourth-order valence-electron chi connectivity index (χ4n) is 7.99. The van der Waals surface area contributed by atoms with Gasteiger partial charge in [0.2, 0.25) is 5.91 Å². The van der Waals surface area contributed by atoms with E-state index >= 15 is 0 Å². The van der Waals surface area contributed by atoms with Crippen LogP contribution in [0.3, 0.4) is 0 Å². The molecule has 1 aromatic heterocycles. The number of phosphoric acid groups is 1. The Morgan fingerprint density at radius 2 is 1.52 bits per heavy atom. The van der Waals surface area contributed by atoms with Gasteiger partial charge in [0.05, 0.1) is 17.7 Å². The topological polar surface area (TPSA) is 242 Å². The third kappa shape index (κ3) is 11.2. The number of H-pyrrole nitrogens is 1. The van der Waals surface area contributed by atoms with Crippen LogP contribution in [0.2, 0.25) is 0 Å². The van der Waals surface area contributed by atoms with Crippen molar-refractivity contribution in [2.75, 3.05) is 64.8 Å². The van der Waals surface area contributed by atoms with E-state index < -0.39 is 56.0 Å². The molecule has 0 bridgehead atoms. The second-order valence-electron chi connectivity index (χ2n) is 16.2. The molecule has 6 N–H and O–H groups in total. The lowest BCUT2D eigenvalue weighted by molar-refractivity contribution is -0.116. The number of rotatable bonds is 19. The molecule has 2 aliphatic rings. The van der Waals surface area contributed by atoms with Gasteiger partial charge in [0, 0.05) is 89.9 Å². The van der Waals surface area contributed by atoms with Crippen LogP contribution in [0.25, 0.3) is 6.08 Å². The number of benzene rings is 3. The molecule has 4 atom stereocenters. The highest BCUT2D eigenvalue weighted by Crippen LogP contribution is 2.47. The second-order valence-corrected chi connectivity index (χ2v) is 17.7. The minimum Gasteiger partial charge on any atom is -0.478 e. The molecule has 6 rings (SSSR count). The first-order valence-corrected chi connectivity index (χ1v) is 22.4. The number of carboxylic acids is 1. The van der Waals surface area contributed by atoms with Crippen molar-refractivity contribution in [1.29, 1.82) is 0 Å². The van der Waals surface area contributed by atoms with E-state index in [1.165, 1.54) is 18.3 Å². The molecule has 1 aliphatic carbocycles. The first-order chi connectivity index (χ1) is 30.5. The summed E-state index contributed by atoms with van der Waals surface area (Å²) in [4.78, 5) is 79.6. The molecule has 18 nitrogen and oxygen atoms in total. The van der Waals surface area contributed by atoms with E-state index in [0.717, 1.165) is 64.2 Å². The number of unbranched alkanes of at least 4 members (excludes halogenated alkanes) is 3. The second kappa shape index (κ2) is 20.7. The summed E-state index contributed by atoms with van der Waals surface area (Å²) >= 11 is 0. The zero-order valence-electron chi connectivity index (χ0n) is 36.4. The number of amides is 2. The smallest absolute Gasteiger partial charge is 0.472 e. The molecule has 1 saturated heterocycles. The Hall–Kier alpha value is -5.88. The van der Waals surface area contributed by atoms with E-state index in [4.69, 9.17) is 9.26 Å². The standard InChI is InChI=1S/C45H55N6O12P/c1-49(2)31-12-15-33-29(21-31)20-30-22-32(50(3)4)13-16-34(30)41(33)35-14-10-27(23-36(35)44(56)57)42(54)47-19-9-7-6-8-18-46-39(53)17-11-28-25-51(45(58)48-43(28)55)40-24-37(38(26-52)62-40)63-64(59,60)61-5/h10-17,21-23,25,37-38,40-41,52H,6-9,18-20,24,26H2,1-5H3,(H,46,53)(H,47,54)(H,56,57)(H,59,60)(H,48,55,58)/b17-11+/t37?,38-,40-/m1/s1. The number of carboxylic acid groups (broad SMARTS) is 1. The van der Waals surface area contributed by atoms with E-state index in [2.05, 4.69) is 44.4 Å². The molecule has 3 aromatic carbocycles. The normalized spacial score (nSPS) is 18.0. The van der Waals surface area contributed by atoms with Crippen LogP contribution in [0.15, 0.2) is 76.5 Å². The molecule has 1 aliphatic heterocycles. The number of nitrogens with one attached hydrogen (secondary N) is 3. The molecule has 2 amide bonds. The molecule has 64 heavy (non-hydrogen) atoms. The number of hydrogen-bond acceptors (Lipinski definition) is 12. The number of carbonyl (C=O) groups excluding carboxylic acids is 2. The lowest BCUT2D eigenvalue weighted by Crippen LogP contribution is -2.33. The zero-order valence-corrected chi connectivity index (χ0v) is 37.3. The van der Waals surface area contributed by atoms with Gasteiger partial charge >= 0.3 is 19.5 Å². The monoisotopic (exact) mass is 902 g/mol. The van der Waals surface area contributed by atoms with Gasteiger partial charge in [0.15, 0.2) is 0 Å². The largest absolute Gasteiger partial charge is 0.478 e. The number of hydrogen-bond donors (Lipinski definition) is 6. The van der Waals surface area contributed by atoms with Crippen molar-refractivity contribution in [1.82, 2.24) is 20.2 Å². The molecule has 0 saturated carbocycles. The maximum absolute atomic E-state index is 13.3. The van der Waals surface area contributed by atoms with Crippen LogP contribution in [0.1, 0.15) is 98.3 Å². The van der Waals surface area contributed by atoms with Gasteiger partial charge in [0.1, 0.15) is 18.4 Å². The minimum atomic E-state index is -4.43. The van der Waals surface area contributed by atoms with Crippen LogP contribution in [-0.2, 0) is 29.6 Å². The number of aliphatic hydroxyl groups excluding tert-OH is 1. The predicted octanol–water partition coefficient (Wildman–Crippen LogP) is 3.98. The lowest BCUT2D eigenvalue weighted by atomic mass is 9.73. The molecular formula is C45H55N6O12P. The number of anilines is 2. The fraction of sp³-hybridized carbons (Fsp3) is 0.400. The minimum absolute atomic E-state index is 0.0384. The Balaban J connectivity index is 0.991. The van der Waals surface area contributed by atoms with Gasteiger partial charge in [-0.3, -0.25) is 33.0 Å². The van der Waals surface area contributed by atoms with E-state index in [-0.39, 0.29) is 34.9 Å². The summed E-state index contributed by atoms with van der Waals surface area (Å²) in [5, 5.41) is 25.8. The number of aromatic amines is 1. The molecule has 342 valence electrons. The molecule has 2 heterocycles. The van der Waals surface area contributed by atoms with Crippen molar-refractivity contribution in [3.05, 3.63) is 132 Å². The summed E-state index contributed by atoms with van der Waals surface area (Å²) in [5.74, 6) is -2.31. The van der Waals surface area contributed by atoms with Gasteiger partial charge in [-0.2, -0.15) is 0 Å². The Kier molecular flexibility index (Phi) is 15.4. The summed E-state index contributed by atoms with van der Waals surface area (Å²) in [6, 6.07) is 17.5. The Labute approximate surface area is 370 Å². The summed E-state index contributed by atoms with van der Waals surface area (Å²) in [6.45, 7) is 0.134. The van der Waals surface area contributed by atoms with Gasteiger partial charge in [-0.25, -0.2) is 14.2 Å². The molecule has 1 fully saturated rings. The number of aromatic nitrogens is 2. The summed E-state index contributed by atoms with van der Waals surface area (Å²) < 4.78 is 28.1. The van der Waals surface area contributed by atoms with E-state index in [1.807, 2.05) is 50.1 Å². The van der Waals surface area contributed by atoms with Crippen LogP contribution in [-0.4, -0.2) is 110 Å². The molecule has 2 unspecified atom stereocenters. The number of aliphatic hydroxyl groups is 1. The molecule has 0 spiro atoms. The number of phosphoric ester groups is 1. The zero-order chi connectivity index (χ0) is 46.3. The number of carbonyl (C=O) groups is 3. The van der Waals surface area contributed by atoms with E-state index in [1.54, 1.807) is 12.1 Å². The molecule has 0 radical (unpaired) electrons. The van der Waals surface area contributed by atoms with Gasteiger partial charge in [-0.1, -0.05) is 31.0 Å². The third-order valence-electron chi connectivity index (χ3n) is 11.4. The predicted molar refractivity (Wildman–Crippen MR) is 240 cm³/mol. The number of ether oxygens (including phenoxy) is 1.